The van der Waals surface area contributed by atoms with Gasteiger partial charge in [0, 0.05) is 6.04 Å². The molecule has 0 amide bonds. The highest BCUT2D eigenvalue weighted by atomic mass is 32.2. The minimum Gasteiger partial charge on any atom is -0.271 e. The highest BCUT2D eigenvalue weighted by Gasteiger charge is 2.30. The van der Waals surface area contributed by atoms with Crippen LogP contribution in [0.4, 0.5) is 0 Å². The third kappa shape index (κ3) is 2.31. The van der Waals surface area contributed by atoms with Gasteiger partial charge in [-0.05, 0) is 53.7 Å². The van der Waals surface area contributed by atoms with E-state index in [0.29, 0.717) is 12.0 Å². The van der Waals surface area contributed by atoms with Crippen LogP contribution in [0.2, 0.25) is 0 Å². The molecular formula is C15H22N2S. The molecule has 0 bridgehead atoms. The van der Waals surface area contributed by atoms with Crippen LogP contribution in [0.5, 0.6) is 0 Å². The molecule has 98 valence electrons. The molecule has 1 aromatic carbocycles. The summed E-state index contributed by atoms with van der Waals surface area (Å²) in [5.41, 5.74) is 6.09. The van der Waals surface area contributed by atoms with Gasteiger partial charge in [-0.15, -0.1) is 0 Å². The van der Waals surface area contributed by atoms with Crippen LogP contribution in [0.1, 0.15) is 48.8 Å². The van der Waals surface area contributed by atoms with Gasteiger partial charge in [-0.1, -0.05) is 30.7 Å². The molecule has 18 heavy (non-hydrogen) atoms. The predicted octanol–water partition coefficient (Wildman–Crippen LogP) is 3.21. The number of nitrogens with one attached hydrogen (secondary N) is 1. The number of hydrazine groups is 1. The molecular weight excluding hydrogens is 240 g/mol. The van der Waals surface area contributed by atoms with Crippen LogP contribution in [-0.4, -0.2) is 11.5 Å². The highest BCUT2D eigenvalue weighted by Crippen LogP contribution is 2.42. The van der Waals surface area contributed by atoms with E-state index in [9.17, 15) is 0 Å². The first-order valence-electron chi connectivity index (χ1n) is 7.03. The van der Waals surface area contributed by atoms with E-state index in [4.69, 9.17) is 5.84 Å². The summed E-state index contributed by atoms with van der Waals surface area (Å²) in [6.45, 7) is 0. The third-order valence-corrected chi connectivity index (χ3v) is 5.68. The standard InChI is InChI=1S/C15H22N2S/c16-17-15(12-8-9-18-10-12)14-7-2-1-6-13(14)11-4-3-5-11/h1-2,6-7,11-12,15,17H,3-5,8-10,16H2. The molecule has 0 spiro atoms. The van der Waals surface area contributed by atoms with Gasteiger partial charge in [0.2, 0.25) is 0 Å². The lowest BCUT2D eigenvalue weighted by molar-refractivity contribution is 0.378. The molecule has 2 atom stereocenters. The summed E-state index contributed by atoms with van der Waals surface area (Å²) < 4.78 is 0. The predicted molar refractivity (Wildman–Crippen MR) is 78.5 cm³/mol. The lowest BCUT2D eigenvalue weighted by Gasteiger charge is -2.32. The quantitative estimate of drug-likeness (QED) is 0.646. The van der Waals surface area contributed by atoms with Crippen molar-refractivity contribution < 1.29 is 0 Å². The zero-order valence-electron chi connectivity index (χ0n) is 10.8. The summed E-state index contributed by atoms with van der Waals surface area (Å²) in [5.74, 6) is 9.86. The van der Waals surface area contributed by atoms with E-state index in [0.717, 1.165) is 5.92 Å². The van der Waals surface area contributed by atoms with Gasteiger partial charge in [0.15, 0.2) is 0 Å². The van der Waals surface area contributed by atoms with Crippen LogP contribution in [0.25, 0.3) is 0 Å². The molecule has 1 aromatic rings. The van der Waals surface area contributed by atoms with Gasteiger partial charge < -0.3 is 0 Å². The Bertz CT molecular complexity index is 397. The molecule has 1 heterocycles. The fourth-order valence-electron chi connectivity index (χ4n) is 3.18. The number of hydrogen-bond donors (Lipinski definition) is 2. The normalized spacial score (nSPS) is 25.9. The topological polar surface area (TPSA) is 38.0 Å². The number of nitrogens with two attached hydrogens (primary N) is 1. The lowest BCUT2D eigenvalue weighted by Crippen LogP contribution is -2.34. The van der Waals surface area contributed by atoms with Gasteiger partial charge in [0.05, 0.1) is 0 Å². The average molecular weight is 262 g/mol. The Morgan fingerprint density at radius 2 is 2.06 bits per heavy atom. The second-order valence-corrected chi connectivity index (χ2v) is 6.67. The van der Waals surface area contributed by atoms with E-state index >= 15 is 0 Å². The first-order valence-corrected chi connectivity index (χ1v) is 8.18. The number of benzene rings is 1. The van der Waals surface area contributed by atoms with Gasteiger partial charge in [-0.3, -0.25) is 11.3 Å². The van der Waals surface area contributed by atoms with Gasteiger partial charge in [0.25, 0.3) is 0 Å². The van der Waals surface area contributed by atoms with E-state index in [-0.39, 0.29) is 0 Å². The number of rotatable bonds is 4. The van der Waals surface area contributed by atoms with Crippen LogP contribution in [-0.2, 0) is 0 Å². The second kappa shape index (κ2) is 5.64. The maximum Gasteiger partial charge on any atom is 0.0499 e. The van der Waals surface area contributed by atoms with E-state index in [2.05, 4.69) is 41.5 Å². The van der Waals surface area contributed by atoms with Crippen LogP contribution < -0.4 is 11.3 Å². The highest BCUT2D eigenvalue weighted by molar-refractivity contribution is 7.99. The molecule has 3 rings (SSSR count). The van der Waals surface area contributed by atoms with Crippen LogP contribution in [0, 0.1) is 5.92 Å². The zero-order chi connectivity index (χ0) is 12.4. The monoisotopic (exact) mass is 262 g/mol. The Morgan fingerprint density at radius 3 is 2.67 bits per heavy atom. The summed E-state index contributed by atoms with van der Waals surface area (Å²) in [7, 11) is 0. The van der Waals surface area contributed by atoms with E-state index in [1.807, 2.05) is 0 Å². The number of hydrogen-bond acceptors (Lipinski definition) is 3. The van der Waals surface area contributed by atoms with Crippen molar-refractivity contribution in [3.63, 3.8) is 0 Å². The van der Waals surface area contributed by atoms with E-state index in [1.165, 1.54) is 42.8 Å². The van der Waals surface area contributed by atoms with Crippen molar-refractivity contribution in [2.24, 2.45) is 11.8 Å². The Hall–Kier alpha value is -0.510. The summed E-state index contributed by atoms with van der Waals surface area (Å²) >= 11 is 2.06. The molecule has 1 aliphatic heterocycles. The smallest absolute Gasteiger partial charge is 0.0499 e. The molecule has 2 unspecified atom stereocenters. The lowest BCUT2D eigenvalue weighted by atomic mass is 9.76. The summed E-state index contributed by atoms with van der Waals surface area (Å²) in [6.07, 6.45) is 5.39. The van der Waals surface area contributed by atoms with Gasteiger partial charge >= 0.3 is 0 Å². The minimum atomic E-state index is 0.344. The zero-order valence-corrected chi connectivity index (χ0v) is 11.6. The van der Waals surface area contributed by atoms with Crippen molar-refractivity contribution in [3.8, 4) is 0 Å². The first-order chi connectivity index (χ1) is 8.90. The van der Waals surface area contributed by atoms with Crippen molar-refractivity contribution in [3.05, 3.63) is 35.4 Å². The molecule has 3 N–H and O–H groups in total. The number of thioether (sulfide) groups is 1. The van der Waals surface area contributed by atoms with E-state index in [1.54, 1.807) is 5.56 Å². The third-order valence-electron chi connectivity index (χ3n) is 4.49. The Morgan fingerprint density at radius 1 is 1.22 bits per heavy atom. The molecule has 1 saturated carbocycles. The van der Waals surface area contributed by atoms with Crippen molar-refractivity contribution in [1.29, 1.82) is 0 Å². The van der Waals surface area contributed by atoms with Crippen LogP contribution in [0.3, 0.4) is 0 Å². The molecule has 1 aliphatic carbocycles. The second-order valence-electron chi connectivity index (χ2n) is 5.52. The summed E-state index contributed by atoms with van der Waals surface area (Å²) in [5, 5.41) is 0. The van der Waals surface area contributed by atoms with Crippen molar-refractivity contribution in [2.75, 3.05) is 11.5 Å². The summed E-state index contributed by atoms with van der Waals surface area (Å²) in [4.78, 5) is 0. The summed E-state index contributed by atoms with van der Waals surface area (Å²) in [6, 6.07) is 9.27. The fraction of sp³-hybridized carbons (Fsp3) is 0.600. The van der Waals surface area contributed by atoms with Crippen molar-refractivity contribution >= 4 is 11.8 Å². The molecule has 1 saturated heterocycles. The van der Waals surface area contributed by atoms with Gasteiger partial charge in [0.1, 0.15) is 0 Å². The van der Waals surface area contributed by atoms with Crippen molar-refractivity contribution in [1.82, 2.24) is 5.43 Å². The molecule has 0 aromatic heterocycles. The van der Waals surface area contributed by atoms with Gasteiger partial charge in [-0.2, -0.15) is 11.8 Å². The Kier molecular flexibility index (Phi) is 3.92. The molecule has 2 fully saturated rings. The van der Waals surface area contributed by atoms with E-state index < -0.39 is 0 Å². The minimum absolute atomic E-state index is 0.344. The van der Waals surface area contributed by atoms with Crippen LogP contribution in [0.15, 0.2) is 24.3 Å². The molecule has 2 aliphatic rings. The van der Waals surface area contributed by atoms with Gasteiger partial charge in [-0.25, -0.2) is 0 Å². The SMILES string of the molecule is NNC(c1ccccc1C1CCC1)C1CCSC1. The molecule has 0 radical (unpaired) electrons. The molecule has 3 heteroatoms. The van der Waals surface area contributed by atoms with Crippen molar-refractivity contribution in [2.45, 2.75) is 37.6 Å². The fourth-order valence-corrected chi connectivity index (χ4v) is 4.48. The maximum absolute atomic E-state index is 5.85. The largest absolute Gasteiger partial charge is 0.271 e. The first kappa shape index (κ1) is 12.5. The van der Waals surface area contributed by atoms with Crippen LogP contribution >= 0.6 is 11.8 Å². The molecule has 2 nitrogen and oxygen atoms in total. The average Bonchev–Trinajstić information content (AvgIpc) is 2.84. The maximum atomic E-state index is 5.85. The Balaban J connectivity index is 1.88. The Labute approximate surface area is 114 Å².